The van der Waals surface area contributed by atoms with E-state index in [0.717, 1.165) is 5.69 Å². The van der Waals surface area contributed by atoms with Crippen molar-refractivity contribution in [2.24, 2.45) is 13.0 Å². The lowest BCUT2D eigenvalue weighted by atomic mass is 9.78. The van der Waals surface area contributed by atoms with Gasteiger partial charge in [0.25, 0.3) is 0 Å². The van der Waals surface area contributed by atoms with Crippen LogP contribution in [0.3, 0.4) is 0 Å². The highest BCUT2D eigenvalue weighted by molar-refractivity contribution is 4.99. The fourth-order valence-corrected chi connectivity index (χ4v) is 1.72. The second-order valence-corrected chi connectivity index (χ2v) is 3.68. The highest BCUT2D eigenvalue weighted by Gasteiger charge is 2.45. The molecule has 2 rings (SSSR count). The summed E-state index contributed by atoms with van der Waals surface area (Å²) in [4.78, 5) is 0. The van der Waals surface area contributed by atoms with E-state index in [0.29, 0.717) is 6.42 Å². The van der Waals surface area contributed by atoms with Crippen LogP contribution in [0, 0.1) is 5.92 Å². The molecule has 72 valence electrons. The van der Waals surface area contributed by atoms with Crippen LogP contribution in [0.5, 0.6) is 0 Å². The molecule has 0 amide bonds. The Kier molecular flexibility index (Phi) is 1.82. The van der Waals surface area contributed by atoms with Crippen LogP contribution in [-0.2, 0) is 13.5 Å². The van der Waals surface area contributed by atoms with Crippen LogP contribution in [0.25, 0.3) is 0 Å². The SMILES string of the molecule is Cn1nncc1CC1CC(F)(F)C1. The second-order valence-electron chi connectivity index (χ2n) is 3.68. The highest BCUT2D eigenvalue weighted by atomic mass is 19.3. The van der Waals surface area contributed by atoms with Gasteiger partial charge in [0.2, 0.25) is 5.92 Å². The number of hydrogen-bond donors (Lipinski definition) is 0. The van der Waals surface area contributed by atoms with Crippen LogP contribution in [0.15, 0.2) is 6.20 Å². The normalized spacial score (nSPS) is 21.5. The standard InChI is InChI=1S/C8H11F2N3/c1-13-7(5-11-12-13)2-6-3-8(9,10)4-6/h5-6H,2-4H2,1H3. The van der Waals surface area contributed by atoms with Crippen molar-refractivity contribution in [2.75, 3.05) is 0 Å². The van der Waals surface area contributed by atoms with Gasteiger partial charge in [-0.3, -0.25) is 4.68 Å². The monoisotopic (exact) mass is 187 g/mol. The molecule has 0 saturated heterocycles. The minimum atomic E-state index is -2.42. The van der Waals surface area contributed by atoms with E-state index in [1.807, 2.05) is 0 Å². The van der Waals surface area contributed by atoms with Crippen LogP contribution < -0.4 is 0 Å². The minimum absolute atomic E-state index is 0.0121. The summed E-state index contributed by atoms with van der Waals surface area (Å²) in [7, 11) is 1.78. The molecule has 0 aromatic carbocycles. The number of aromatic nitrogens is 3. The van der Waals surface area contributed by atoms with Crippen LogP contribution in [0.2, 0.25) is 0 Å². The maximum atomic E-state index is 12.5. The van der Waals surface area contributed by atoms with Crippen molar-refractivity contribution in [1.29, 1.82) is 0 Å². The second kappa shape index (κ2) is 2.75. The summed E-state index contributed by atoms with van der Waals surface area (Å²) >= 11 is 0. The maximum Gasteiger partial charge on any atom is 0.248 e. The molecule has 1 fully saturated rings. The molecule has 1 heterocycles. The van der Waals surface area contributed by atoms with Crippen molar-refractivity contribution >= 4 is 0 Å². The molecule has 0 spiro atoms. The molecule has 1 aromatic rings. The quantitative estimate of drug-likeness (QED) is 0.700. The molecule has 13 heavy (non-hydrogen) atoms. The maximum absolute atomic E-state index is 12.5. The fourth-order valence-electron chi connectivity index (χ4n) is 1.72. The molecule has 1 aliphatic carbocycles. The van der Waals surface area contributed by atoms with Gasteiger partial charge in [0.1, 0.15) is 0 Å². The van der Waals surface area contributed by atoms with Crippen LogP contribution >= 0.6 is 0 Å². The Balaban J connectivity index is 1.91. The lowest BCUT2D eigenvalue weighted by Gasteiger charge is -2.34. The van der Waals surface area contributed by atoms with Gasteiger partial charge < -0.3 is 0 Å². The summed E-state index contributed by atoms with van der Waals surface area (Å²) in [5, 5.41) is 7.44. The summed E-state index contributed by atoms with van der Waals surface area (Å²) < 4.78 is 26.6. The fraction of sp³-hybridized carbons (Fsp3) is 0.750. The molecule has 0 aliphatic heterocycles. The first-order valence-corrected chi connectivity index (χ1v) is 4.28. The lowest BCUT2D eigenvalue weighted by molar-refractivity contribution is -0.110. The van der Waals surface area contributed by atoms with Crippen LogP contribution in [0.4, 0.5) is 8.78 Å². The van der Waals surface area contributed by atoms with Gasteiger partial charge in [-0.2, -0.15) is 0 Å². The number of aryl methyl sites for hydroxylation is 1. The molecule has 5 heteroatoms. The number of halogens is 2. The van der Waals surface area contributed by atoms with Crippen molar-refractivity contribution in [3.05, 3.63) is 11.9 Å². The van der Waals surface area contributed by atoms with E-state index < -0.39 is 5.92 Å². The number of alkyl halides is 2. The Bertz CT molecular complexity index is 300. The van der Waals surface area contributed by atoms with E-state index in [-0.39, 0.29) is 18.8 Å². The van der Waals surface area contributed by atoms with E-state index >= 15 is 0 Å². The van der Waals surface area contributed by atoms with Crippen molar-refractivity contribution in [1.82, 2.24) is 15.0 Å². The van der Waals surface area contributed by atoms with Crippen molar-refractivity contribution in [3.63, 3.8) is 0 Å². The molecule has 3 nitrogen and oxygen atoms in total. The molecule has 0 bridgehead atoms. The van der Waals surface area contributed by atoms with Gasteiger partial charge in [0.05, 0.1) is 11.9 Å². The van der Waals surface area contributed by atoms with E-state index in [9.17, 15) is 8.78 Å². The Labute approximate surface area is 74.7 Å². The van der Waals surface area contributed by atoms with E-state index in [1.165, 1.54) is 0 Å². The summed E-state index contributed by atoms with van der Waals surface area (Å²) in [6, 6.07) is 0. The molecule has 1 aliphatic rings. The van der Waals surface area contributed by atoms with Gasteiger partial charge in [-0.1, -0.05) is 5.21 Å². The van der Waals surface area contributed by atoms with E-state index in [1.54, 1.807) is 17.9 Å². The summed E-state index contributed by atoms with van der Waals surface area (Å²) in [5.74, 6) is -2.32. The topological polar surface area (TPSA) is 30.7 Å². The molecule has 1 saturated carbocycles. The van der Waals surface area contributed by atoms with Crippen LogP contribution in [0.1, 0.15) is 18.5 Å². The predicted molar refractivity (Wildman–Crippen MR) is 42.4 cm³/mol. The van der Waals surface area contributed by atoms with E-state index in [2.05, 4.69) is 10.3 Å². The third-order valence-electron chi connectivity index (χ3n) is 2.48. The summed E-state index contributed by atoms with van der Waals surface area (Å²) in [5.41, 5.74) is 0.931. The third-order valence-corrected chi connectivity index (χ3v) is 2.48. The zero-order chi connectivity index (χ0) is 9.47. The third kappa shape index (κ3) is 1.68. The average Bonchev–Trinajstić information content (AvgIpc) is 2.33. The highest BCUT2D eigenvalue weighted by Crippen LogP contribution is 2.43. The molecule has 0 atom stereocenters. The summed E-state index contributed by atoms with van der Waals surface area (Å²) in [6.07, 6.45) is 2.33. The smallest absolute Gasteiger partial charge is 0.248 e. The van der Waals surface area contributed by atoms with Crippen LogP contribution in [-0.4, -0.2) is 20.9 Å². The first kappa shape index (κ1) is 8.59. The largest absolute Gasteiger partial charge is 0.252 e. The van der Waals surface area contributed by atoms with Gasteiger partial charge in [-0.15, -0.1) is 5.10 Å². The van der Waals surface area contributed by atoms with Gasteiger partial charge >= 0.3 is 0 Å². The zero-order valence-electron chi connectivity index (χ0n) is 7.37. The van der Waals surface area contributed by atoms with Crippen molar-refractivity contribution in [2.45, 2.75) is 25.2 Å². The number of rotatable bonds is 2. The predicted octanol–water partition coefficient (Wildman–Crippen LogP) is 1.40. The van der Waals surface area contributed by atoms with Gasteiger partial charge in [-0.05, 0) is 12.3 Å². The van der Waals surface area contributed by atoms with Gasteiger partial charge in [0, 0.05) is 19.9 Å². The number of nitrogens with zero attached hydrogens (tertiary/aromatic N) is 3. The molecular formula is C8H11F2N3. The molecule has 0 radical (unpaired) electrons. The zero-order valence-corrected chi connectivity index (χ0v) is 7.37. The van der Waals surface area contributed by atoms with Gasteiger partial charge in [0.15, 0.2) is 0 Å². The van der Waals surface area contributed by atoms with Crippen molar-refractivity contribution in [3.8, 4) is 0 Å². The van der Waals surface area contributed by atoms with E-state index in [4.69, 9.17) is 0 Å². The lowest BCUT2D eigenvalue weighted by Crippen LogP contribution is -2.36. The summed E-state index contributed by atoms with van der Waals surface area (Å²) in [6.45, 7) is 0. The Morgan fingerprint density at radius 2 is 2.31 bits per heavy atom. The van der Waals surface area contributed by atoms with Gasteiger partial charge in [-0.25, -0.2) is 8.78 Å². The Hall–Kier alpha value is -1.00. The molecular weight excluding hydrogens is 176 g/mol. The first-order chi connectivity index (χ1) is 6.07. The number of hydrogen-bond acceptors (Lipinski definition) is 2. The first-order valence-electron chi connectivity index (χ1n) is 4.28. The Morgan fingerprint density at radius 1 is 1.62 bits per heavy atom. The minimum Gasteiger partial charge on any atom is -0.252 e. The average molecular weight is 187 g/mol. The molecule has 1 aromatic heterocycles. The van der Waals surface area contributed by atoms with Crippen molar-refractivity contribution < 1.29 is 8.78 Å². The molecule has 0 unspecified atom stereocenters. The molecule has 0 N–H and O–H groups in total. The Morgan fingerprint density at radius 3 is 2.77 bits per heavy atom.